The van der Waals surface area contributed by atoms with Crippen LogP contribution in [0, 0.1) is 0 Å². The first-order valence-corrected chi connectivity index (χ1v) is 10.2. The number of rotatable bonds is 6. The fourth-order valence-electron chi connectivity index (χ4n) is 4.31. The van der Waals surface area contributed by atoms with E-state index in [2.05, 4.69) is 52.3 Å². The summed E-state index contributed by atoms with van der Waals surface area (Å²) < 4.78 is 6.08. The number of primary amides is 1. The third kappa shape index (κ3) is 4.54. The van der Waals surface area contributed by atoms with E-state index in [-0.39, 0.29) is 12.0 Å². The van der Waals surface area contributed by atoms with Crippen molar-refractivity contribution >= 4 is 11.6 Å². The lowest BCUT2D eigenvalue weighted by Crippen LogP contribution is -2.46. The van der Waals surface area contributed by atoms with E-state index in [0.717, 1.165) is 57.7 Å². The molecule has 0 saturated carbocycles. The lowest BCUT2D eigenvalue weighted by atomic mass is 9.93. The number of ether oxygens (including phenoxy) is 1. The van der Waals surface area contributed by atoms with Gasteiger partial charge in [-0.2, -0.15) is 0 Å². The Morgan fingerprint density at radius 1 is 1.07 bits per heavy atom. The number of hydrogen-bond donors (Lipinski definition) is 1. The van der Waals surface area contributed by atoms with Gasteiger partial charge in [0, 0.05) is 38.4 Å². The maximum absolute atomic E-state index is 11.2. The van der Waals surface area contributed by atoms with E-state index in [9.17, 15) is 4.79 Å². The smallest absolute Gasteiger partial charge is 0.221 e. The Morgan fingerprint density at radius 2 is 1.86 bits per heavy atom. The van der Waals surface area contributed by atoms with Gasteiger partial charge in [0.2, 0.25) is 5.91 Å². The van der Waals surface area contributed by atoms with Crippen LogP contribution in [0.2, 0.25) is 0 Å². The zero-order valence-electron chi connectivity index (χ0n) is 16.3. The Hall–Kier alpha value is -2.37. The molecular formula is C23H29N3O2. The van der Waals surface area contributed by atoms with Gasteiger partial charge in [0.25, 0.3) is 0 Å². The summed E-state index contributed by atoms with van der Waals surface area (Å²) in [5, 5.41) is 0. The number of anilines is 1. The molecule has 0 aromatic heterocycles. The highest BCUT2D eigenvalue weighted by atomic mass is 16.5. The number of nitrogens with zero attached hydrogens (tertiary/aromatic N) is 2. The topological polar surface area (TPSA) is 58.8 Å². The highest BCUT2D eigenvalue weighted by Gasteiger charge is 2.23. The van der Waals surface area contributed by atoms with Crippen molar-refractivity contribution in [3.8, 4) is 0 Å². The van der Waals surface area contributed by atoms with Crippen LogP contribution in [-0.4, -0.2) is 50.1 Å². The number of piperazine rings is 1. The monoisotopic (exact) mass is 379 g/mol. The summed E-state index contributed by atoms with van der Waals surface area (Å²) in [6, 6.07) is 16.9. The molecule has 0 bridgehead atoms. The predicted octanol–water partition coefficient (Wildman–Crippen LogP) is 2.54. The van der Waals surface area contributed by atoms with Crippen LogP contribution in [0.3, 0.4) is 0 Å². The maximum Gasteiger partial charge on any atom is 0.221 e. The van der Waals surface area contributed by atoms with Gasteiger partial charge in [-0.15, -0.1) is 0 Å². The molecule has 2 aliphatic rings. The molecule has 2 aromatic rings. The molecule has 1 atom stereocenters. The van der Waals surface area contributed by atoms with E-state index in [1.165, 1.54) is 16.8 Å². The van der Waals surface area contributed by atoms with Crippen LogP contribution in [0.1, 0.15) is 29.2 Å². The number of carbonyl (C=O) groups excluding carboxylic acids is 1. The highest BCUT2D eigenvalue weighted by molar-refractivity contribution is 5.76. The van der Waals surface area contributed by atoms with Crippen LogP contribution in [0.25, 0.3) is 0 Å². The maximum atomic E-state index is 11.2. The molecule has 2 aliphatic heterocycles. The Labute approximate surface area is 167 Å². The molecule has 1 unspecified atom stereocenters. The van der Waals surface area contributed by atoms with E-state index in [1.54, 1.807) is 0 Å². The molecule has 28 heavy (non-hydrogen) atoms. The minimum atomic E-state index is -0.279. The molecule has 5 nitrogen and oxygen atoms in total. The number of hydrogen-bond acceptors (Lipinski definition) is 4. The molecule has 2 heterocycles. The Kier molecular flexibility index (Phi) is 5.93. The highest BCUT2D eigenvalue weighted by Crippen LogP contribution is 2.31. The number of fused-ring (bicyclic) bond motifs is 1. The number of amides is 1. The largest absolute Gasteiger partial charge is 0.373 e. The van der Waals surface area contributed by atoms with E-state index in [0.29, 0.717) is 6.42 Å². The molecule has 0 spiro atoms. The fraction of sp³-hybridized carbons (Fsp3) is 0.435. The SMILES string of the molecule is NC(=O)Cc1ccc2c(c1)CCOC2CCN1CCN(c2ccccc2)CC1. The second-order valence-corrected chi connectivity index (χ2v) is 7.74. The number of nitrogens with two attached hydrogens (primary N) is 1. The molecule has 1 amide bonds. The second-order valence-electron chi connectivity index (χ2n) is 7.74. The summed E-state index contributed by atoms with van der Waals surface area (Å²) in [4.78, 5) is 16.2. The van der Waals surface area contributed by atoms with E-state index in [4.69, 9.17) is 10.5 Å². The number of carbonyl (C=O) groups is 1. The van der Waals surface area contributed by atoms with Gasteiger partial charge in [-0.3, -0.25) is 9.69 Å². The van der Waals surface area contributed by atoms with Crippen LogP contribution < -0.4 is 10.6 Å². The van der Waals surface area contributed by atoms with Gasteiger partial charge in [0.05, 0.1) is 19.1 Å². The van der Waals surface area contributed by atoms with Crippen LogP contribution >= 0.6 is 0 Å². The van der Waals surface area contributed by atoms with Gasteiger partial charge in [-0.25, -0.2) is 0 Å². The second kappa shape index (κ2) is 8.76. The van der Waals surface area contributed by atoms with Crippen molar-refractivity contribution in [1.29, 1.82) is 0 Å². The molecule has 1 fully saturated rings. The number of benzene rings is 2. The Morgan fingerprint density at radius 3 is 2.61 bits per heavy atom. The van der Waals surface area contributed by atoms with Crippen LogP contribution in [-0.2, 0) is 22.4 Å². The van der Waals surface area contributed by atoms with Crippen molar-refractivity contribution < 1.29 is 9.53 Å². The van der Waals surface area contributed by atoms with E-state index >= 15 is 0 Å². The minimum absolute atomic E-state index is 0.151. The Balaban J connectivity index is 1.31. The van der Waals surface area contributed by atoms with Crippen molar-refractivity contribution in [2.24, 2.45) is 5.73 Å². The summed E-state index contributed by atoms with van der Waals surface area (Å²) >= 11 is 0. The van der Waals surface area contributed by atoms with Gasteiger partial charge in [-0.1, -0.05) is 36.4 Å². The molecular weight excluding hydrogens is 350 g/mol. The molecule has 5 heteroatoms. The van der Waals surface area contributed by atoms with Gasteiger partial charge >= 0.3 is 0 Å². The first kappa shape index (κ1) is 19.0. The van der Waals surface area contributed by atoms with Crippen molar-refractivity contribution in [1.82, 2.24) is 4.90 Å². The first-order chi connectivity index (χ1) is 13.7. The summed E-state index contributed by atoms with van der Waals surface area (Å²) in [6.07, 6.45) is 2.38. The van der Waals surface area contributed by atoms with Gasteiger partial charge in [0.1, 0.15) is 0 Å². The average molecular weight is 380 g/mol. The Bertz CT molecular complexity index is 801. The minimum Gasteiger partial charge on any atom is -0.373 e. The fourth-order valence-corrected chi connectivity index (χ4v) is 4.31. The first-order valence-electron chi connectivity index (χ1n) is 10.2. The lowest BCUT2D eigenvalue weighted by molar-refractivity contribution is -0.117. The molecule has 2 aromatic carbocycles. The zero-order valence-corrected chi connectivity index (χ0v) is 16.3. The van der Waals surface area contributed by atoms with Gasteiger partial charge in [-0.05, 0) is 41.7 Å². The van der Waals surface area contributed by atoms with Crippen molar-refractivity contribution in [3.63, 3.8) is 0 Å². The summed E-state index contributed by atoms with van der Waals surface area (Å²) in [5.74, 6) is -0.279. The van der Waals surface area contributed by atoms with Gasteiger partial charge in [0.15, 0.2) is 0 Å². The van der Waals surface area contributed by atoms with Crippen LogP contribution in [0.15, 0.2) is 48.5 Å². The van der Waals surface area contributed by atoms with E-state index in [1.807, 2.05) is 6.07 Å². The molecule has 148 valence electrons. The quantitative estimate of drug-likeness (QED) is 0.838. The zero-order chi connectivity index (χ0) is 19.3. The molecule has 4 rings (SSSR count). The van der Waals surface area contributed by atoms with E-state index < -0.39 is 0 Å². The average Bonchev–Trinajstić information content (AvgIpc) is 2.72. The molecule has 0 radical (unpaired) electrons. The van der Waals surface area contributed by atoms with Crippen LogP contribution in [0.4, 0.5) is 5.69 Å². The predicted molar refractivity (Wildman–Crippen MR) is 111 cm³/mol. The third-order valence-electron chi connectivity index (χ3n) is 5.82. The third-order valence-corrected chi connectivity index (χ3v) is 5.82. The summed E-state index contributed by atoms with van der Waals surface area (Å²) in [6.45, 7) is 6.12. The van der Waals surface area contributed by atoms with Crippen molar-refractivity contribution in [3.05, 3.63) is 65.2 Å². The molecule has 0 aliphatic carbocycles. The standard InChI is InChI=1S/C23H29N3O2/c24-23(27)17-18-6-7-21-19(16-18)9-15-28-22(21)8-10-25-11-13-26(14-12-25)20-4-2-1-3-5-20/h1-7,16,22H,8-15,17H2,(H2,24,27). The van der Waals surface area contributed by atoms with Crippen LogP contribution in [0.5, 0.6) is 0 Å². The summed E-state index contributed by atoms with van der Waals surface area (Å²) in [5.41, 5.74) is 10.2. The number of para-hydroxylation sites is 1. The molecule has 1 saturated heterocycles. The normalized spacial score (nSPS) is 20.0. The van der Waals surface area contributed by atoms with Crippen molar-refractivity contribution in [2.75, 3.05) is 44.2 Å². The summed E-state index contributed by atoms with van der Waals surface area (Å²) in [7, 11) is 0. The molecule has 2 N–H and O–H groups in total. The lowest BCUT2D eigenvalue weighted by Gasteiger charge is -2.37. The van der Waals surface area contributed by atoms with Gasteiger partial charge < -0.3 is 15.4 Å². The van der Waals surface area contributed by atoms with Crippen molar-refractivity contribution in [2.45, 2.75) is 25.4 Å².